The van der Waals surface area contributed by atoms with E-state index in [1.54, 1.807) is 18.6 Å². The van der Waals surface area contributed by atoms with Gasteiger partial charge in [-0.3, -0.25) is 9.98 Å². The molecule has 0 spiro atoms. The molecule has 0 amide bonds. The summed E-state index contributed by atoms with van der Waals surface area (Å²) in [5.41, 5.74) is 3.66. The van der Waals surface area contributed by atoms with E-state index >= 15 is 0 Å². The number of ether oxygens (including phenoxy) is 1. The van der Waals surface area contributed by atoms with E-state index in [0.29, 0.717) is 5.88 Å². The Bertz CT molecular complexity index is 773. The molecule has 2 aliphatic heterocycles. The molecule has 0 aliphatic carbocycles. The van der Waals surface area contributed by atoms with Crippen molar-refractivity contribution in [2.45, 2.75) is 25.0 Å². The van der Waals surface area contributed by atoms with E-state index in [1.807, 2.05) is 6.20 Å². The summed E-state index contributed by atoms with van der Waals surface area (Å²) in [5, 5.41) is 3.51. The minimum atomic E-state index is 0.103. The maximum Gasteiger partial charge on any atom is 0.232 e. The molecule has 4 rings (SSSR count). The van der Waals surface area contributed by atoms with Gasteiger partial charge < -0.3 is 10.1 Å². The predicted octanol–water partition coefficient (Wildman–Crippen LogP) is 3.23. The molecular formula is C18H17BrN4O. The quantitative estimate of drug-likeness (QED) is 0.878. The molecule has 1 N–H and O–H groups in total. The maximum absolute atomic E-state index is 5.88. The fourth-order valence-electron chi connectivity index (χ4n) is 3.06. The summed E-state index contributed by atoms with van der Waals surface area (Å²) < 4.78 is 6.97. The van der Waals surface area contributed by atoms with Crippen LogP contribution in [0.4, 0.5) is 0 Å². The standard InChI is InChI=1S/C18H17BrN4O/c19-14-3-1-12(2-4-14)13-7-16(22-9-13)17-8-15(10-23-17)24-18-11-20-5-6-21-18/h1-6,9,11,15,17,23H,7-8,10H2/t15-,17-/m0/s1. The first-order valence-corrected chi connectivity index (χ1v) is 8.75. The number of aromatic nitrogens is 2. The van der Waals surface area contributed by atoms with E-state index in [2.05, 4.69) is 60.5 Å². The van der Waals surface area contributed by atoms with Crippen molar-refractivity contribution in [3.05, 3.63) is 59.1 Å². The van der Waals surface area contributed by atoms with E-state index in [-0.39, 0.29) is 12.1 Å². The highest BCUT2D eigenvalue weighted by Crippen LogP contribution is 2.28. The normalized spacial score (nSPS) is 23.0. The molecule has 2 aliphatic rings. The molecule has 1 saturated heterocycles. The number of nitrogens with one attached hydrogen (secondary N) is 1. The van der Waals surface area contributed by atoms with Crippen LogP contribution in [0.15, 0.2) is 58.5 Å². The number of aliphatic imine (C=N–C) groups is 1. The first kappa shape index (κ1) is 15.5. The Morgan fingerprint density at radius 3 is 2.83 bits per heavy atom. The molecule has 3 heterocycles. The molecular weight excluding hydrogens is 368 g/mol. The van der Waals surface area contributed by atoms with E-state index in [9.17, 15) is 0 Å². The minimum Gasteiger partial charge on any atom is -0.472 e. The third kappa shape index (κ3) is 3.39. The smallest absolute Gasteiger partial charge is 0.232 e. The van der Waals surface area contributed by atoms with Crippen LogP contribution in [0, 0.1) is 0 Å². The van der Waals surface area contributed by atoms with Gasteiger partial charge in [0.15, 0.2) is 0 Å². The lowest BCUT2D eigenvalue weighted by Crippen LogP contribution is -2.29. The highest BCUT2D eigenvalue weighted by Gasteiger charge is 2.31. The summed E-state index contributed by atoms with van der Waals surface area (Å²) >= 11 is 3.47. The van der Waals surface area contributed by atoms with Gasteiger partial charge in [0, 0.05) is 54.2 Å². The number of halogens is 1. The zero-order valence-electron chi connectivity index (χ0n) is 13.0. The number of allylic oxidation sites excluding steroid dienone is 1. The van der Waals surface area contributed by atoms with Gasteiger partial charge in [0.25, 0.3) is 0 Å². The van der Waals surface area contributed by atoms with Gasteiger partial charge >= 0.3 is 0 Å². The van der Waals surface area contributed by atoms with Crippen LogP contribution < -0.4 is 10.1 Å². The van der Waals surface area contributed by atoms with Crippen molar-refractivity contribution in [3.8, 4) is 5.88 Å². The number of rotatable bonds is 4. The first-order valence-electron chi connectivity index (χ1n) is 7.95. The Hall–Kier alpha value is -2.05. The van der Waals surface area contributed by atoms with Crippen LogP contribution in [0.5, 0.6) is 5.88 Å². The Kier molecular flexibility index (Phi) is 4.40. The van der Waals surface area contributed by atoms with Gasteiger partial charge in [-0.15, -0.1) is 0 Å². The molecule has 122 valence electrons. The lowest BCUT2D eigenvalue weighted by molar-refractivity contribution is 0.212. The maximum atomic E-state index is 5.88. The van der Waals surface area contributed by atoms with Gasteiger partial charge in [-0.2, -0.15) is 0 Å². The van der Waals surface area contributed by atoms with Crippen molar-refractivity contribution in [2.75, 3.05) is 6.54 Å². The van der Waals surface area contributed by atoms with Crippen LogP contribution in [-0.4, -0.2) is 34.4 Å². The molecule has 6 heteroatoms. The molecule has 0 radical (unpaired) electrons. The summed E-state index contributed by atoms with van der Waals surface area (Å²) in [6.07, 6.45) is 8.81. The lowest BCUT2D eigenvalue weighted by Gasteiger charge is -2.12. The second-order valence-electron chi connectivity index (χ2n) is 5.94. The van der Waals surface area contributed by atoms with Crippen molar-refractivity contribution in [2.24, 2.45) is 4.99 Å². The molecule has 1 aromatic heterocycles. The average Bonchev–Trinajstić information content (AvgIpc) is 3.26. The van der Waals surface area contributed by atoms with E-state index in [4.69, 9.17) is 4.74 Å². The lowest BCUT2D eigenvalue weighted by atomic mass is 9.99. The average molecular weight is 385 g/mol. The molecule has 1 aromatic carbocycles. The van der Waals surface area contributed by atoms with Crippen LogP contribution in [0.1, 0.15) is 18.4 Å². The fraction of sp³-hybridized carbons (Fsp3) is 0.278. The van der Waals surface area contributed by atoms with Crippen molar-refractivity contribution < 1.29 is 4.74 Å². The molecule has 2 atom stereocenters. The summed E-state index contributed by atoms with van der Waals surface area (Å²) in [7, 11) is 0. The Morgan fingerprint density at radius 2 is 2.04 bits per heavy atom. The van der Waals surface area contributed by atoms with Crippen molar-refractivity contribution in [3.63, 3.8) is 0 Å². The third-order valence-corrected chi connectivity index (χ3v) is 4.82. The second-order valence-corrected chi connectivity index (χ2v) is 6.85. The van der Waals surface area contributed by atoms with Gasteiger partial charge in [-0.25, -0.2) is 4.98 Å². The largest absolute Gasteiger partial charge is 0.472 e. The molecule has 1 fully saturated rings. The molecule has 0 unspecified atom stereocenters. The van der Waals surface area contributed by atoms with Crippen LogP contribution >= 0.6 is 15.9 Å². The molecule has 0 bridgehead atoms. The van der Waals surface area contributed by atoms with Crippen molar-refractivity contribution >= 4 is 27.2 Å². The fourth-order valence-corrected chi connectivity index (χ4v) is 3.33. The monoisotopic (exact) mass is 384 g/mol. The predicted molar refractivity (Wildman–Crippen MR) is 97.0 cm³/mol. The van der Waals surface area contributed by atoms with Gasteiger partial charge in [-0.1, -0.05) is 28.1 Å². The van der Waals surface area contributed by atoms with E-state index in [1.165, 1.54) is 16.8 Å². The van der Waals surface area contributed by atoms with Crippen molar-refractivity contribution in [1.29, 1.82) is 0 Å². The Balaban J connectivity index is 1.34. The first-order chi connectivity index (χ1) is 11.8. The van der Waals surface area contributed by atoms with Crippen LogP contribution in [-0.2, 0) is 0 Å². The summed E-state index contributed by atoms with van der Waals surface area (Å²) in [5.74, 6) is 0.576. The van der Waals surface area contributed by atoms with E-state index < -0.39 is 0 Å². The summed E-state index contributed by atoms with van der Waals surface area (Å²) in [4.78, 5) is 12.8. The molecule has 24 heavy (non-hydrogen) atoms. The van der Waals surface area contributed by atoms with E-state index in [0.717, 1.165) is 23.9 Å². The topological polar surface area (TPSA) is 59.4 Å². The van der Waals surface area contributed by atoms with Gasteiger partial charge in [-0.05, 0) is 23.3 Å². The molecule has 2 aromatic rings. The zero-order chi connectivity index (χ0) is 16.4. The number of nitrogens with zero attached hydrogens (tertiary/aromatic N) is 3. The number of hydrogen-bond acceptors (Lipinski definition) is 5. The highest BCUT2D eigenvalue weighted by molar-refractivity contribution is 9.10. The third-order valence-electron chi connectivity index (χ3n) is 4.29. The number of benzene rings is 1. The minimum absolute atomic E-state index is 0.103. The summed E-state index contributed by atoms with van der Waals surface area (Å²) in [6.45, 7) is 0.799. The zero-order valence-corrected chi connectivity index (χ0v) is 14.6. The Labute approximate surface area is 149 Å². The highest BCUT2D eigenvalue weighted by atomic mass is 79.9. The Morgan fingerprint density at radius 1 is 1.17 bits per heavy atom. The number of hydrogen-bond donors (Lipinski definition) is 1. The van der Waals surface area contributed by atoms with Gasteiger partial charge in [0.2, 0.25) is 5.88 Å². The molecule has 0 saturated carbocycles. The van der Waals surface area contributed by atoms with Crippen LogP contribution in [0.2, 0.25) is 0 Å². The van der Waals surface area contributed by atoms with Crippen molar-refractivity contribution in [1.82, 2.24) is 15.3 Å². The SMILES string of the molecule is Brc1ccc(C2=CN=C([C@@H]3C[C@H](Oc4cnccn4)CN3)C2)cc1. The summed E-state index contributed by atoms with van der Waals surface area (Å²) in [6, 6.07) is 8.63. The second kappa shape index (κ2) is 6.83. The van der Waals surface area contributed by atoms with Gasteiger partial charge in [0.1, 0.15) is 6.10 Å². The van der Waals surface area contributed by atoms with Gasteiger partial charge in [0.05, 0.1) is 6.20 Å². The van der Waals surface area contributed by atoms with Crippen LogP contribution in [0.25, 0.3) is 5.57 Å². The molecule has 5 nitrogen and oxygen atoms in total. The van der Waals surface area contributed by atoms with Crippen LogP contribution in [0.3, 0.4) is 0 Å².